The lowest BCUT2D eigenvalue weighted by atomic mass is 9.83. The Morgan fingerprint density at radius 1 is 0.441 bits per heavy atom. The van der Waals surface area contributed by atoms with Crippen LogP contribution in [-0.4, -0.2) is 47.6 Å². The summed E-state index contributed by atoms with van der Waals surface area (Å²) in [4.78, 5) is 0. The summed E-state index contributed by atoms with van der Waals surface area (Å²) in [5.74, 6) is -58.2. The van der Waals surface area contributed by atoms with Crippen LogP contribution in [0.1, 0.15) is 27.7 Å². The van der Waals surface area contributed by atoms with Gasteiger partial charge in [0.25, 0.3) is 0 Å². The van der Waals surface area contributed by atoms with Crippen molar-refractivity contribution in [2.75, 3.05) is 0 Å². The summed E-state index contributed by atoms with van der Waals surface area (Å²) in [6, 6.07) is 0. The van der Waals surface area contributed by atoms with E-state index < -0.39 is 64.7 Å². The van der Waals surface area contributed by atoms with E-state index in [4.69, 9.17) is 0 Å². The average Bonchev–Trinajstić information content (AvgIpc) is 2.83. The van der Waals surface area contributed by atoms with Gasteiger partial charge in [-0.05, 0) is 31.9 Å². The first kappa shape index (κ1) is 30.3. The van der Waals surface area contributed by atoms with Gasteiger partial charge in [0.05, 0.1) is 0 Å². The minimum absolute atomic E-state index is 0.181. The van der Waals surface area contributed by atoms with Crippen molar-refractivity contribution in [1.82, 2.24) is 0 Å². The van der Waals surface area contributed by atoms with Crippen LogP contribution in [0.4, 0.5) is 74.6 Å². The molecule has 1 unspecified atom stereocenters. The van der Waals surface area contributed by atoms with E-state index in [1.807, 2.05) is 0 Å². The van der Waals surface area contributed by atoms with Gasteiger partial charge in [0.15, 0.2) is 0 Å². The minimum Gasteiger partial charge on any atom is -0.194 e. The number of halogens is 17. The van der Waals surface area contributed by atoms with E-state index in [1.54, 1.807) is 0 Å². The monoisotopic (exact) mass is 540 g/mol. The zero-order valence-electron chi connectivity index (χ0n) is 17.0. The van der Waals surface area contributed by atoms with Gasteiger partial charge in [-0.3, -0.25) is 0 Å². The van der Waals surface area contributed by atoms with Crippen LogP contribution in [0, 0.1) is 5.92 Å². The fourth-order valence-electron chi connectivity index (χ4n) is 3.20. The molecule has 0 bridgehead atoms. The number of rotatable bonds is 7. The van der Waals surface area contributed by atoms with Crippen LogP contribution in [-0.2, 0) is 0 Å². The number of alkyl halides is 17. The van der Waals surface area contributed by atoms with Crippen molar-refractivity contribution in [3.05, 3.63) is 22.3 Å². The van der Waals surface area contributed by atoms with Gasteiger partial charge in [0.2, 0.25) is 0 Å². The highest BCUT2D eigenvalue weighted by atomic mass is 19.4. The maximum atomic E-state index is 14.5. The largest absolute Gasteiger partial charge is 0.460 e. The highest BCUT2D eigenvalue weighted by molar-refractivity contribution is 5.50. The molecule has 1 aliphatic rings. The van der Waals surface area contributed by atoms with E-state index in [0.29, 0.717) is 13.8 Å². The van der Waals surface area contributed by atoms with E-state index >= 15 is 0 Å². The molecule has 0 spiro atoms. The van der Waals surface area contributed by atoms with Gasteiger partial charge in [-0.2, -0.15) is 74.6 Å². The molecule has 0 aromatic carbocycles. The third kappa shape index (κ3) is 3.41. The van der Waals surface area contributed by atoms with E-state index in [2.05, 4.69) is 0 Å². The molecule has 0 aromatic rings. The fraction of sp³-hybridized carbons (Fsp3) is 0.765. The molecule has 0 saturated carbocycles. The summed E-state index contributed by atoms with van der Waals surface area (Å²) in [5.41, 5.74) is -3.29. The summed E-state index contributed by atoms with van der Waals surface area (Å²) >= 11 is 0. The third-order valence-corrected chi connectivity index (χ3v) is 5.70. The molecule has 34 heavy (non-hydrogen) atoms. The fourth-order valence-corrected chi connectivity index (χ4v) is 3.20. The molecule has 0 aliphatic heterocycles. The summed E-state index contributed by atoms with van der Waals surface area (Å²) in [6.07, 6.45) is -7.76. The van der Waals surface area contributed by atoms with Crippen molar-refractivity contribution in [3.8, 4) is 0 Å². The van der Waals surface area contributed by atoms with E-state index in [0.717, 1.165) is 13.8 Å². The Labute approximate surface area is 179 Å². The quantitative estimate of drug-likeness (QED) is 0.285. The average molecular weight is 540 g/mol. The number of hydrogen-bond acceptors (Lipinski definition) is 0. The predicted octanol–water partition coefficient (Wildman–Crippen LogP) is 8.30. The van der Waals surface area contributed by atoms with Crippen molar-refractivity contribution < 1.29 is 74.6 Å². The second-order valence-electron chi connectivity index (χ2n) is 7.59. The Morgan fingerprint density at radius 3 is 1.00 bits per heavy atom. The third-order valence-electron chi connectivity index (χ3n) is 5.70. The lowest BCUT2D eigenvalue weighted by Crippen LogP contribution is -2.74. The number of allylic oxidation sites excluding steroid dienone is 4. The molecule has 0 fully saturated rings. The Bertz CT molecular complexity index is 884. The summed E-state index contributed by atoms with van der Waals surface area (Å²) in [5, 5.41) is 0. The molecule has 1 aliphatic carbocycles. The van der Waals surface area contributed by atoms with Gasteiger partial charge >= 0.3 is 47.6 Å². The maximum Gasteiger partial charge on any atom is 0.460 e. The highest BCUT2D eigenvalue weighted by Crippen LogP contribution is 2.65. The van der Waals surface area contributed by atoms with Gasteiger partial charge in [0.1, 0.15) is 0 Å². The van der Waals surface area contributed by atoms with Gasteiger partial charge in [-0.25, -0.2) is 0 Å². The van der Waals surface area contributed by atoms with Crippen LogP contribution in [0.25, 0.3) is 0 Å². The van der Waals surface area contributed by atoms with Crippen molar-refractivity contribution >= 4 is 0 Å². The topological polar surface area (TPSA) is 0 Å². The predicted molar refractivity (Wildman–Crippen MR) is 80.9 cm³/mol. The molecule has 0 nitrogen and oxygen atoms in total. The lowest BCUT2D eigenvalue weighted by Gasteiger charge is -2.43. The molecule has 0 N–H and O–H groups in total. The Kier molecular flexibility index (Phi) is 6.82. The highest BCUT2D eigenvalue weighted by Gasteiger charge is 2.95. The maximum absolute atomic E-state index is 14.5. The van der Waals surface area contributed by atoms with Crippen LogP contribution in [0.5, 0.6) is 0 Å². The van der Waals surface area contributed by atoms with Crippen molar-refractivity contribution in [1.29, 1.82) is 0 Å². The Hall–Kier alpha value is -1.71. The molecule has 0 saturated heterocycles. The zero-order chi connectivity index (χ0) is 27.9. The van der Waals surface area contributed by atoms with Crippen LogP contribution < -0.4 is 0 Å². The van der Waals surface area contributed by atoms with E-state index in [-0.39, 0.29) is 11.1 Å². The van der Waals surface area contributed by atoms with Crippen LogP contribution >= 0.6 is 0 Å². The van der Waals surface area contributed by atoms with Gasteiger partial charge in [-0.1, -0.05) is 12.5 Å². The standard InChI is InChI=1S/C17H13F17/c1-5-6(2)8(4)9(7(5)3)10(18,19)11(20,21)12(22,23)13(24,25)14(26,27)15(28,29)16(30,31)17(32,33)34/h7H,1-4H3. The van der Waals surface area contributed by atoms with E-state index in [9.17, 15) is 74.6 Å². The minimum atomic E-state index is -8.61. The summed E-state index contributed by atoms with van der Waals surface area (Å²) in [6.45, 7) is 3.34. The zero-order valence-corrected chi connectivity index (χ0v) is 17.0. The summed E-state index contributed by atoms with van der Waals surface area (Å²) in [7, 11) is 0. The molecular formula is C17H13F17. The lowest BCUT2D eigenvalue weighted by molar-refractivity contribution is -0.460. The first-order chi connectivity index (χ1) is 14.5. The molecule has 0 aromatic heterocycles. The second-order valence-corrected chi connectivity index (χ2v) is 7.59. The van der Waals surface area contributed by atoms with E-state index in [1.165, 1.54) is 0 Å². The van der Waals surface area contributed by atoms with Crippen LogP contribution in [0.2, 0.25) is 0 Å². The molecule has 1 atom stereocenters. The van der Waals surface area contributed by atoms with Gasteiger partial charge in [-0.15, -0.1) is 0 Å². The molecule has 17 heteroatoms. The smallest absolute Gasteiger partial charge is 0.194 e. The first-order valence-corrected chi connectivity index (χ1v) is 8.62. The second kappa shape index (κ2) is 7.64. The normalized spacial score (nSPS) is 20.6. The number of hydrogen-bond donors (Lipinski definition) is 0. The van der Waals surface area contributed by atoms with Crippen LogP contribution in [0.3, 0.4) is 0 Å². The molecule has 0 heterocycles. The molecule has 0 amide bonds. The van der Waals surface area contributed by atoms with Gasteiger partial charge in [0, 0.05) is 11.5 Å². The van der Waals surface area contributed by atoms with Crippen molar-refractivity contribution in [2.45, 2.75) is 75.3 Å². The summed E-state index contributed by atoms with van der Waals surface area (Å²) < 4.78 is 228. The molecule has 0 radical (unpaired) electrons. The Morgan fingerprint density at radius 2 is 0.735 bits per heavy atom. The first-order valence-electron chi connectivity index (χ1n) is 8.62. The van der Waals surface area contributed by atoms with Crippen molar-refractivity contribution in [3.63, 3.8) is 0 Å². The Balaban J connectivity index is 3.77. The van der Waals surface area contributed by atoms with Crippen LogP contribution in [0.15, 0.2) is 22.3 Å². The SMILES string of the molecule is CC1=C(C)C(C)C(C(F)(F)C(F)(F)C(F)(F)C(F)(F)C(F)(F)C(F)(F)C(F)(F)C(F)(F)F)=C1C. The molecular weight excluding hydrogens is 527 g/mol. The molecule has 1 rings (SSSR count). The van der Waals surface area contributed by atoms with Gasteiger partial charge < -0.3 is 0 Å². The molecule has 200 valence electrons. The van der Waals surface area contributed by atoms with Crippen molar-refractivity contribution in [2.24, 2.45) is 5.92 Å².